The predicted octanol–water partition coefficient (Wildman–Crippen LogP) is 4.07. The van der Waals surface area contributed by atoms with E-state index in [1.165, 1.54) is 0 Å². The van der Waals surface area contributed by atoms with E-state index in [0.717, 1.165) is 23.1 Å². The van der Waals surface area contributed by atoms with Gasteiger partial charge >= 0.3 is 0 Å². The summed E-state index contributed by atoms with van der Waals surface area (Å²) in [5.74, 6) is 1.47. The second kappa shape index (κ2) is 5.03. The Morgan fingerprint density at radius 3 is 2.63 bits per heavy atom. The molecule has 3 rings (SSSR count). The maximum absolute atomic E-state index is 11.2. The van der Waals surface area contributed by atoms with Crippen LogP contribution in [0.3, 0.4) is 0 Å². The van der Waals surface area contributed by atoms with E-state index in [1.54, 1.807) is 6.08 Å². The van der Waals surface area contributed by atoms with Gasteiger partial charge in [0.1, 0.15) is 16.5 Å². The lowest BCUT2D eigenvalue weighted by Gasteiger charge is -1.95. The minimum absolute atomic E-state index is 0.147. The molecule has 1 amide bonds. The minimum atomic E-state index is -0.147. The molecule has 1 N–H and O–H groups in total. The number of hydrogen-bond donors (Lipinski definition) is 1. The summed E-state index contributed by atoms with van der Waals surface area (Å²) in [6.07, 6.45) is 1.78. The van der Waals surface area contributed by atoms with Crippen LogP contribution >= 0.6 is 24.0 Å². The molecule has 19 heavy (non-hydrogen) atoms. The lowest BCUT2D eigenvalue weighted by molar-refractivity contribution is 0.265. The highest BCUT2D eigenvalue weighted by atomic mass is 32.2. The lowest BCUT2D eigenvalue weighted by Crippen LogP contribution is -2.15. The molecule has 1 aliphatic rings. The summed E-state index contributed by atoms with van der Waals surface area (Å²) in [7, 11) is 0. The summed E-state index contributed by atoms with van der Waals surface area (Å²) in [4.78, 5) is 12.3. The molecular weight excluding hydrogens is 278 g/mol. The second-order valence-electron chi connectivity index (χ2n) is 3.92. The minimum Gasteiger partial charge on any atom is -0.457 e. The van der Waals surface area contributed by atoms with Crippen LogP contribution in [0.25, 0.3) is 17.4 Å². The van der Waals surface area contributed by atoms with E-state index in [4.69, 9.17) is 16.6 Å². The van der Waals surface area contributed by atoms with Crippen LogP contribution in [0.1, 0.15) is 5.76 Å². The smallest absolute Gasteiger partial charge is 0.289 e. The van der Waals surface area contributed by atoms with Gasteiger partial charge in [-0.05, 0) is 30.0 Å². The third-order valence-electron chi connectivity index (χ3n) is 2.60. The van der Waals surface area contributed by atoms with Crippen molar-refractivity contribution in [3.8, 4) is 11.3 Å². The van der Waals surface area contributed by atoms with Crippen LogP contribution < -0.4 is 5.32 Å². The van der Waals surface area contributed by atoms with Gasteiger partial charge in [0, 0.05) is 5.56 Å². The van der Waals surface area contributed by atoms with Gasteiger partial charge in [0.25, 0.3) is 5.24 Å². The molecule has 0 unspecified atom stereocenters. The average Bonchev–Trinajstić information content (AvgIpc) is 2.99. The number of benzene rings is 1. The van der Waals surface area contributed by atoms with Crippen molar-refractivity contribution in [1.82, 2.24) is 5.32 Å². The van der Waals surface area contributed by atoms with Gasteiger partial charge in [0.15, 0.2) is 0 Å². The van der Waals surface area contributed by atoms with Gasteiger partial charge in [0.2, 0.25) is 0 Å². The first-order valence-electron chi connectivity index (χ1n) is 5.62. The van der Waals surface area contributed by atoms with Crippen molar-refractivity contribution < 1.29 is 9.21 Å². The molecule has 94 valence electrons. The normalized spacial score (nSPS) is 16.9. The zero-order valence-electron chi connectivity index (χ0n) is 9.75. The first kappa shape index (κ1) is 12.2. The Bertz CT molecular complexity index is 674. The van der Waals surface area contributed by atoms with Gasteiger partial charge in [-0.3, -0.25) is 4.79 Å². The fourth-order valence-electron chi connectivity index (χ4n) is 1.74. The van der Waals surface area contributed by atoms with Crippen molar-refractivity contribution in [2.75, 3.05) is 0 Å². The largest absolute Gasteiger partial charge is 0.457 e. The topological polar surface area (TPSA) is 42.2 Å². The van der Waals surface area contributed by atoms with E-state index in [-0.39, 0.29) is 5.24 Å². The number of amides is 1. The molecule has 0 saturated carbocycles. The molecule has 1 aliphatic heterocycles. The van der Waals surface area contributed by atoms with Gasteiger partial charge in [-0.25, -0.2) is 0 Å². The van der Waals surface area contributed by atoms with Crippen molar-refractivity contribution in [3.63, 3.8) is 0 Å². The predicted molar refractivity (Wildman–Crippen MR) is 80.8 cm³/mol. The number of furan rings is 1. The Kier molecular flexibility index (Phi) is 3.23. The van der Waals surface area contributed by atoms with Crippen LogP contribution in [0.4, 0.5) is 4.79 Å². The fourth-order valence-corrected chi connectivity index (χ4v) is 2.75. The van der Waals surface area contributed by atoms with Crippen molar-refractivity contribution in [2.24, 2.45) is 0 Å². The van der Waals surface area contributed by atoms with Crippen LogP contribution in [-0.2, 0) is 0 Å². The highest BCUT2D eigenvalue weighted by Crippen LogP contribution is 2.29. The number of carbonyl (C=O) groups is 1. The average molecular weight is 287 g/mol. The van der Waals surface area contributed by atoms with Crippen LogP contribution in [0.2, 0.25) is 0 Å². The van der Waals surface area contributed by atoms with Crippen molar-refractivity contribution >= 4 is 40.3 Å². The molecule has 2 heterocycles. The van der Waals surface area contributed by atoms with E-state index in [0.29, 0.717) is 15.7 Å². The van der Waals surface area contributed by atoms with Crippen LogP contribution in [0, 0.1) is 0 Å². The van der Waals surface area contributed by atoms with Gasteiger partial charge < -0.3 is 9.73 Å². The molecule has 1 fully saturated rings. The second-order valence-corrected chi connectivity index (χ2v) is 5.34. The van der Waals surface area contributed by atoms with Gasteiger partial charge in [0.05, 0.1) is 4.91 Å². The Balaban J connectivity index is 1.89. The number of thiocarbonyl (C=S) groups is 1. The zero-order valence-corrected chi connectivity index (χ0v) is 11.4. The third kappa shape index (κ3) is 2.62. The van der Waals surface area contributed by atoms with Crippen molar-refractivity contribution in [1.29, 1.82) is 0 Å². The molecule has 3 nitrogen and oxygen atoms in total. The van der Waals surface area contributed by atoms with Gasteiger partial charge in [-0.1, -0.05) is 42.5 Å². The molecule has 1 aromatic carbocycles. The molecule has 5 heteroatoms. The SMILES string of the molecule is O=C1NC(=S)C(=Cc2ccc(-c3ccccc3)o2)S1. The van der Waals surface area contributed by atoms with Crippen molar-refractivity contribution in [3.05, 3.63) is 53.1 Å². The number of carbonyl (C=O) groups excluding carboxylic acids is 1. The van der Waals surface area contributed by atoms with E-state index >= 15 is 0 Å². The van der Waals surface area contributed by atoms with E-state index < -0.39 is 0 Å². The Labute approximate surface area is 119 Å². The van der Waals surface area contributed by atoms with E-state index in [2.05, 4.69) is 5.32 Å². The van der Waals surface area contributed by atoms with E-state index in [1.807, 2.05) is 42.5 Å². The number of hydrogen-bond acceptors (Lipinski definition) is 4. The van der Waals surface area contributed by atoms with Crippen LogP contribution in [0.15, 0.2) is 51.8 Å². The quantitative estimate of drug-likeness (QED) is 0.668. The number of nitrogens with one attached hydrogen (secondary N) is 1. The summed E-state index contributed by atoms with van der Waals surface area (Å²) >= 11 is 6.14. The summed E-state index contributed by atoms with van der Waals surface area (Å²) < 4.78 is 5.73. The highest BCUT2D eigenvalue weighted by Gasteiger charge is 2.21. The molecule has 1 aromatic heterocycles. The Morgan fingerprint density at radius 1 is 1.16 bits per heavy atom. The standard InChI is InChI=1S/C14H9NO2S2/c16-14-15-13(18)12(19-14)8-10-6-7-11(17-10)9-4-2-1-3-5-9/h1-8H,(H,15,16,18). The molecule has 0 radical (unpaired) electrons. The van der Waals surface area contributed by atoms with Crippen LogP contribution in [-0.4, -0.2) is 10.2 Å². The molecule has 1 saturated heterocycles. The van der Waals surface area contributed by atoms with Gasteiger partial charge in [-0.2, -0.15) is 0 Å². The zero-order chi connectivity index (χ0) is 13.2. The number of thioether (sulfide) groups is 1. The monoisotopic (exact) mass is 287 g/mol. The molecular formula is C14H9NO2S2. The van der Waals surface area contributed by atoms with Crippen LogP contribution in [0.5, 0.6) is 0 Å². The highest BCUT2D eigenvalue weighted by molar-refractivity contribution is 8.19. The molecule has 2 aromatic rings. The summed E-state index contributed by atoms with van der Waals surface area (Å²) in [5, 5.41) is 2.42. The molecule has 0 bridgehead atoms. The lowest BCUT2D eigenvalue weighted by atomic mass is 10.2. The maximum Gasteiger partial charge on any atom is 0.289 e. The van der Waals surface area contributed by atoms with Gasteiger partial charge in [-0.15, -0.1) is 0 Å². The van der Waals surface area contributed by atoms with Crippen molar-refractivity contribution in [2.45, 2.75) is 0 Å². The van der Waals surface area contributed by atoms with E-state index in [9.17, 15) is 4.79 Å². The summed E-state index contributed by atoms with van der Waals surface area (Å²) in [6, 6.07) is 13.6. The molecule has 0 aliphatic carbocycles. The number of rotatable bonds is 2. The third-order valence-corrected chi connectivity index (χ3v) is 3.88. The maximum atomic E-state index is 11.2. The Hall–Kier alpha value is -1.85. The summed E-state index contributed by atoms with van der Waals surface area (Å²) in [5.41, 5.74) is 1.02. The fraction of sp³-hybridized carbons (Fsp3) is 0. The molecule has 0 spiro atoms. The summed E-state index contributed by atoms with van der Waals surface area (Å²) in [6.45, 7) is 0. The first-order valence-corrected chi connectivity index (χ1v) is 6.85. The first-order chi connectivity index (χ1) is 9.22. The Morgan fingerprint density at radius 2 is 1.95 bits per heavy atom. The molecule has 0 atom stereocenters.